The molecule has 3 heterocycles. The van der Waals surface area contributed by atoms with Gasteiger partial charge in [0.15, 0.2) is 0 Å². The molecular weight excluding hydrogens is 496 g/mol. The standard InChI is InChI=1S/C27H31ClN4O5/c1-15-7-9-19-21(31(15)27(35)37-3)11-12-22-24(19)30-23(14-17-8-10-20(28)25(29-17)36-2)32(22)18-6-4-5-16(13-18)26(33)34/h8,10-12,15-16,18H,4-7,9,13-14H2,1-3H3,(H,33,34)/t15?,16-,18-/m1/s1. The molecule has 1 N–H and O–H groups in total. The summed E-state index contributed by atoms with van der Waals surface area (Å²) in [5.74, 6) is 0.0241. The highest BCUT2D eigenvalue weighted by Crippen LogP contribution is 2.41. The fourth-order valence-electron chi connectivity index (χ4n) is 5.84. The number of benzene rings is 1. The summed E-state index contributed by atoms with van der Waals surface area (Å²) in [5, 5.41) is 10.2. The number of imidazole rings is 1. The first-order valence-corrected chi connectivity index (χ1v) is 13.0. The lowest BCUT2D eigenvalue weighted by atomic mass is 9.85. The third-order valence-corrected chi connectivity index (χ3v) is 7.95. The first kappa shape index (κ1) is 25.3. The molecule has 196 valence electrons. The lowest BCUT2D eigenvalue weighted by Crippen LogP contribution is -2.42. The number of carbonyl (C=O) groups is 2. The summed E-state index contributed by atoms with van der Waals surface area (Å²) in [6.45, 7) is 2.02. The minimum Gasteiger partial charge on any atom is -0.481 e. The van der Waals surface area contributed by atoms with Crippen LogP contribution in [-0.4, -0.2) is 52.0 Å². The maximum absolute atomic E-state index is 12.6. The van der Waals surface area contributed by atoms with Crippen molar-refractivity contribution in [2.75, 3.05) is 19.1 Å². The van der Waals surface area contributed by atoms with E-state index in [1.807, 2.05) is 25.1 Å². The van der Waals surface area contributed by atoms with Crippen molar-refractivity contribution in [2.45, 2.75) is 64.0 Å². The van der Waals surface area contributed by atoms with Crippen LogP contribution in [0.25, 0.3) is 11.0 Å². The van der Waals surface area contributed by atoms with Gasteiger partial charge in [-0.2, -0.15) is 0 Å². The summed E-state index contributed by atoms with van der Waals surface area (Å²) >= 11 is 6.20. The zero-order chi connectivity index (χ0) is 26.3. The van der Waals surface area contributed by atoms with Gasteiger partial charge >= 0.3 is 12.1 Å². The zero-order valence-corrected chi connectivity index (χ0v) is 22.0. The molecule has 1 unspecified atom stereocenters. The highest BCUT2D eigenvalue weighted by atomic mass is 35.5. The van der Waals surface area contributed by atoms with Crippen LogP contribution in [-0.2, 0) is 22.4 Å². The molecule has 0 spiro atoms. The molecule has 2 aliphatic rings. The average molecular weight is 527 g/mol. The summed E-state index contributed by atoms with van der Waals surface area (Å²) in [5.41, 5.74) is 4.36. The van der Waals surface area contributed by atoms with Crippen molar-refractivity contribution in [2.24, 2.45) is 5.92 Å². The molecule has 5 rings (SSSR count). The first-order chi connectivity index (χ1) is 17.8. The molecule has 2 aromatic heterocycles. The number of amides is 1. The second kappa shape index (κ2) is 10.2. The highest BCUT2D eigenvalue weighted by Gasteiger charge is 2.34. The lowest BCUT2D eigenvalue weighted by Gasteiger charge is -2.34. The van der Waals surface area contributed by atoms with Crippen molar-refractivity contribution in [1.29, 1.82) is 0 Å². The summed E-state index contributed by atoms with van der Waals surface area (Å²) in [6, 6.07) is 7.59. The number of rotatable bonds is 5. The van der Waals surface area contributed by atoms with E-state index in [0.717, 1.165) is 59.5 Å². The Morgan fingerprint density at radius 2 is 1.95 bits per heavy atom. The number of ether oxygens (including phenoxy) is 2. The van der Waals surface area contributed by atoms with E-state index >= 15 is 0 Å². The second-order valence-corrected chi connectivity index (χ2v) is 10.3. The smallest absolute Gasteiger partial charge is 0.414 e. The molecule has 1 aliphatic heterocycles. The minimum absolute atomic E-state index is 0.00122. The molecule has 0 radical (unpaired) electrons. The number of halogens is 1. The number of carboxylic acids is 1. The van der Waals surface area contributed by atoms with Crippen molar-refractivity contribution in [3.05, 3.63) is 46.4 Å². The number of pyridine rings is 1. The van der Waals surface area contributed by atoms with Crippen molar-refractivity contribution >= 4 is 40.4 Å². The molecule has 3 atom stereocenters. The SMILES string of the molecule is COC(=O)N1c2ccc3c(nc(Cc4ccc(Cl)c(OC)n4)n3[C@@H]3CCC[C@@H](C(=O)O)C3)c2CCC1C. The molecule has 10 heteroatoms. The van der Waals surface area contributed by atoms with Gasteiger partial charge in [0.25, 0.3) is 0 Å². The quantitative estimate of drug-likeness (QED) is 0.473. The van der Waals surface area contributed by atoms with E-state index in [1.165, 1.54) is 14.2 Å². The fraction of sp³-hybridized carbons (Fsp3) is 0.481. The largest absolute Gasteiger partial charge is 0.481 e. The molecule has 1 aliphatic carbocycles. The normalized spacial score (nSPS) is 21.5. The topological polar surface area (TPSA) is 107 Å². The number of nitrogens with zero attached hydrogens (tertiary/aromatic N) is 4. The van der Waals surface area contributed by atoms with Gasteiger partial charge in [0, 0.05) is 24.1 Å². The molecule has 0 saturated heterocycles. The van der Waals surface area contributed by atoms with Crippen LogP contribution in [0.4, 0.5) is 10.5 Å². The maximum atomic E-state index is 12.6. The number of methoxy groups -OCH3 is 2. The van der Waals surface area contributed by atoms with Gasteiger partial charge in [0.2, 0.25) is 5.88 Å². The number of anilines is 1. The van der Waals surface area contributed by atoms with Crippen LogP contribution in [0, 0.1) is 5.92 Å². The van der Waals surface area contributed by atoms with Gasteiger partial charge in [-0.05, 0) is 63.3 Å². The van der Waals surface area contributed by atoms with E-state index in [1.54, 1.807) is 11.0 Å². The molecule has 3 aromatic rings. The Kier molecular flexibility index (Phi) is 6.98. The number of carbonyl (C=O) groups excluding carboxylic acids is 1. The van der Waals surface area contributed by atoms with Crippen LogP contribution < -0.4 is 9.64 Å². The highest BCUT2D eigenvalue weighted by molar-refractivity contribution is 6.31. The molecule has 9 nitrogen and oxygen atoms in total. The number of aromatic nitrogens is 3. The number of fused-ring (bicyclic) bond motifs is 3. The van der Waals surface area contributed by atoms with E-state index in [2.05, 4.69) is 9.55 Å². The number of hydrogen-bond donors (Lipinski definition) is 1. The third-order valence-electron chi connectivity index (χ3n) is 7.66. The number of carboxylic acid groups (broad SMARTS) is 1. The van der Waals surface area contributed by atoms with E-state index in [4.69, 9.17) is 26.1 Å². The average Bonchev–Trinajstić information content (AvgIpc) is 3.27. The van der Waals surface area contributed by atoms with E-state index in [-0.39, 0.29) is 24.1 Å². The fourth-order valence-corrected chi connectivity index (χ4v) is 6.03. The monoisotopic (exact) mass is 526 g/mol. The zero-order valence-electron chi connectivity index (χ0n) is 21.2. The van der Waals surface area contributed by atoms with Gasteiger partial charge in [0.05, 0.1) is 42.6 Å². The van der Waals surface area contributed by atoms with Crippen molar-refractivity contribution in [1.82, 2.24) is 14.5 Å². The Morgan fingerprint density at radius 3 is 2.68 bits per heavy atom. The minimum atomic E-state index is -0.750. The maximum Gasteiger partial charge on any atom is 0.414 e. The van der Waals surface area contributed by atoms with Gasteiger partial charge in [-0.25, -0.2) is 14.8 Å². The van der Waals surface area contributed by atoms with Crippen LogP contribution >= 0.6 is 11.6 Å². The van der Waals surface area contributed by atoms with Crippen LogP contribution in [0.5, 0.6) is 5.88 Å². The Morgan fingerprint density at radius 1 is 1.14 bits per heavy atom. The Balaban J connectivity index is 1.65. The Labute approximate surface area is 220 Å². The van der Waals surface area contributed by atoms with Crippen molar-refractivity contribution in [3.63, 3.8) is 0 Å². The molecule has 0 bridgehead atoms. The molecule has 1 fully saturated rings. The van der Waals surface area contributed by atoms with Gasteiger partial charge in [0.1, 0.15) is 10.8 Å². The second-order valence-electron chi connectivity index (χ2n) is 9.88. The molecule has 1 aromatic carbocycles. The lowest BCUT2D eigenvalue weighted by molar-refractivity contribution is -0.143. The summed E-state index contributed by atoms with van der Waals surface area (Å²) in [7, 11) is 2.92. The predicted octanol–water partition coefficient (Wildman–Crippen LogP) is 5.41. The van der Waals surface area contributed by atoms with E-state index < -0.39 is 5.97 Å². The number of hydrogen-bond acceptors (Lipinski definition) is 6. The summed E-state index contributed by atoms with van der Waals surface area (Å²) in [6.07, 6.45) is 4.58. The molecule has 37 heavy (non-hydrogen) atoms. The Bertz CT molecular complexity index is 1360. The Hall–Kier alpha value is -3.33. The first-order valence-electron chi connectivity index (χ1n) is 12.6. The number of aryl methyl sites for hydroxylation is 1. The van der Waals surface area contributed by atoms with E-state index in [0.29, 0.717) is 30.2 Å². The summed E-state index contributed by atoms with van der Waals surface area (Å²) in [4.78, 5) is 35.8. The van der Waals surface area contributed by atoms with Crippen molar-refractivity contribution < 1.29 is 24.2 Å². The van der Waals surface area contributed by atoms with Crippen LogP contribution in [0.3, 0.4) is 0 Å². The molecule has 1 amide bonds. The number of aliphatic carboxylic acids is 1. The summed E-state index contributed by atoms with van der Waals surface area (Å²) < 4.78 is 12.6. The van der Waals surface area contributed by atoms with Crippen molar-refractivity contribution in [3.8, 4) is 5.88 Å². The van der Waals surface area contributed by atoms with Crippen LogP contribution in [0.15, 0.2) is 24.3 Å². The molecule has 1 saturated carbocycles. The van der Waals surface area contributed by atoms with Gasteiger partial charge in [-0.15, -0.1) is 0 Å². The van der Waals surface area contributed by atoms with E-state index in [9.17, 15) is 14.7 Å². The third kappa shape index (κ3) is 4.61. The van der Waals surface area contributed by atoms with Crippen LogP contribution in [0.1, 0.15) is 62.2 Å². The molecular formula is C27H31ClN4O5. The van der Waals surface area contributed by atoms with Gasteiger partial charge in [-0.3, -0.25) is 9.69 Å². The van der Waals surface area contributed by atoms with Crippen LogP contribution in [0.2, 0.25) is 5.02 Å². The van der Waals surface area contributed by atoms with Gasteiger partial charge < -0.3 is 19.1 Å². The predicted molar refractivity (Wildman–Crippen MR) is 140 cm³/mol. The van der Waals surface area contributed by atoms with Gasteiger partial charge in [-0.1, -0.05) is 18.0 Å².